The van der Waals surface area contributed by atoms with Crippen molar-refractivity contribution in [1.82, 2.24) is 4.90 Å². The molecule has 0 aromatic carbocycles. The summed E-state index contributed by atoms with van der Waals surface area (Å²) < 4.78 is 23.9. The first-order valence-corrected chi connectivity index (χ1v) is 7.23. The number of amides is 1. The molecule has 0 unspecified atom stereocenters. The molecular formula is C10H18N2O3S. The van der Waals surface area contributed by atoms with Gasteiger partial charge in [-0.15, -0.1) is 0 Å². The van der Waals surface area contributed by atoms with Crippen LogP contribution in [0.4, 0.5) is 4.79 Å². The normalized spacial score (nSPS) is 25.8. The lowest BCUT2D eigenvalue weighted by atomic mass is 9.83. The van der Waals surface area contributed by atoms with E-state index in [4.69, 9.17) is 9.52 Å². The molecule has 0 aromatic rings. The standard InChI is InChI=1S/C10H18N2O3S/c1-9(2,3)15-8(13)12-4-10(5-12)6-16(11,14)7-10/h11H,4-7H2,1-3H3. The number of nitrogens with one attached hydrogen (secondary N) is 1. The number of likely N-dealkylation sites (tertiary alicyclic amines) is 1. The molecular weight excluding hydrogens is 228 g/mol. The molecule has 2 heterocycles. The minimum absolute atomic E-state index is 0.0320. The number of nitrogens with zero attached hydrogens (tertiary/aromatic N) is 1. The third-order valence-electron chi connectivity index (χ3n) is 2.78. The molecule has 2 aliphatic heterocycles. The number of ether oxygens (including phenoxy) is 1. The summed E-state index contributed by atoms with van der Waals surface area (Å²) in [7, 11) is -2.31. The quantitative estimate of drug-likeness (QED) is 0.700. The van der Waals surface area contributed by atoms with Gasteiger partial charge in [-0.1, -0.05) is 0 Å². The van der Waals surface area contributed by atoms with Crippen molar-refractivity contribution in [3.63, 3.8) is 0 Å². The van der Waals surface area contributed by atoms with E-state index in [1.165, 1.54) is 0 Å². The van der Waals surface area contributed by atoms with Crippen molar-refractivity contribution in [3.8, 4) is 0 Å². The van der Waals surface area contributed by atoms with Crippen LogP contribution < -0.4 is 0 Å². The van der Waals surface area contributed by atoms with Gasteiger partial charge in [0.05, 0.1) is 0 Å². The van der Waals surface area contributed by atoms with Gasteiger partial charge in [0.15, 0.2) is 0 Å². The fourth-order valence-corrected chi connectivity index (χ4v) is 4.61. The molecule has 2 aliphatic rings. The van der Waals surface area contributed by atoms with Gasteiger partial charge >= 0.3 is 6.09 Å². The Bertz CT molecular complexity index is 402. The van der Waals surface area contributed by atoms with E-state index in [2.05, 4.69) is 0 Å². The molecule has 0 bridgehead atoms. The zero-order valence-electron chi connectivity index (χ0n) is 9.91. The molecule has 1 amide bonds. The number of rotatable bonds is 0. The highest BCUT2D eigenvalue weighted by Crippen LogP contribution is 2.42. The Morgan fingerprint density at radius 1 is 1.38 bits per heavy atom. The molecule has 0 saturated carbocycles. The van der Waals surface area contributed by atoms with Crippen LogP contribution in [0.2, 0.25) is 0 Å². The van der Waals surface area contributed by atoms with Gasteiger partial charge < -0.3 is 9.64 Å². The molecule has 92 valence electrons. The predicted octanol–water partition coefficient (Wildman–Crippen LogP) is 1.28. The SMILES string of the molecule is CC(C)(C)OC(=O)N1CC2(C1)CS(=N)(=O)C2. The van der Waals surface area contributed by atoms with Gasteiger partial charge in [0.25, 0.3) is 0 Å². The maximum Gasteiger partial charge on any atom is 0.410 e. The lowest BCUT2D eigenvalue weighted by Crippen LogP contribution is -2.69. The van der Waals surface area contributed by atoms with Gasteiger partial charge in [-0.3, -0.25) is 4.78 Å². The first kappa shape index (κ1) is 11.7. The Morgan fingerprint density at radius 2 is 1.88 bits per heavy atom. The van der Waals surface area contributed by atoms with Gasteiger partial charge in [-0.05, 0) is 20.8 Å². The van der Waals surface area contributed by atoms with Crippen molar-refractivity contribution in [2.45, 2.75) is 26.4 Å². The van der Waals surface area contributed by atoms with Crippen LogP contribution >= 0.6 is 0 Å². The second-order valence-corrected chi connectivity index (χ2v) is 8.14. The largest absolute Gasteiger partial charge is 0.444 e. The van der Waals surface area contributed by atoms with E-state index < -0.39 is 15.3 Å². The average molecular weight is 246 g/mol. The predicted molar refractivity (Wildman–Crippen MR) is 60.8 cm³/mol. The Hall–Kier alpha value is -0.780. The second kappa shape index (κ2) is 3.12. The minimum Gasteiger partial charge on any atom is -0.444 e. The van der Waals surface area contributed by atoms with Crippen molar-refractivity contribution in [2.24, 2.45) is 5.41 Å². The molecule has 0 aliphatic carbocycles. The lowest BCUT2D eigenvalue weighted by Gasteiger charge is -2.55. The van der Waals surface area contributed by atoms with Gasteiger partial charge in [0.1, 0.15) is 5.60 Å². The third-order valence-corrected chi connectivity index (χ3v) is 4.94. The zero-order valence-corrected chi connectivity index (χ0v) is 10.7. The first-order valence-electron chi connectivity index (χ1n) is 5.33. The van der Waals surface area contributed by atoms with Crippen LogP contribution in [0.1, 0.15) is 20.8 Å². The molecule has 5 nitrogen and oxygen atoms in total. The van der Waals surface area contributed by atoms with E-state index >= 15 is 0 Å². The molecule has 0 radical (unpaired) electrons. The maximum absolute atomic E-state index is 11.6. The fraction of sp³-hybridized carbons (Fsp3) is 0.900. The number of carbonyl (C=O) groups excluding carboxylic acids is 1. The molecule has 16 heavy (non-hydrogen) atoms. The Kier molecular flexibility index (Phi) is 2.28. The smallest absolute Gasteiger partial charge is 0.410 e. The van der Waals surface area contributed by atoms with E-state index in [9.17, 15) is 9.00 Å². The van der Waals surface area contributed by atoms with E-state index in [1.54, 1.807) is 4.90 Å². The van der Waals surface area contributed by atoms with Crippen LogP contribution in [0.25, 0.3) is 0 Å². The van der Waals surface area contributed by atoms with Crippen LogP contribution in [0.5, 0.6) is 0 Å². The lowest BCUT2D eigenvalue weighted by molar-refractivity contribution is -0.0235. The van der Waals surface area contributed by atoms with Crippen molar-refractivity contribution < 1.29 is 13.7 Å². The number of hydrogen-bond acceptors (Lipinski definition) is 4. The summed E-state index contributed by atoms with van der Waals surface area (Å²) in [6.07, 6.45) is -0.304. The number of hydrogen-bond donors (Lipinski definition) is 1. The van der Waals surface area contributed by atoms with Gasteiger partial charge in [-0.25, -0.2) is 9.00 Å². The first-order chi connectivity index (χ1) is 7.11. The van der Waals surface area contributed by atoms with E-state index in [0.717, 1.165) is 0 Å². The zero-order chi connectivity index (χ0) is 12.2. The summed E-state index contributed by atoms with van der Waals surface area (Å²) in [6.45, 7) is 6.69. The maximum atomic E-state index is 11.6. The van der Waals surface area contributed by atoms with Crippen LogP contribution in [-0.4, -0.2) is 45.4 Å². The van der Waals surface area contributed by atoms with Crippen molar-refractivity contribution >= 4 is 15.8 Å². The average Bonchev–Trinajstić information content (AvgIpc) is 1.90. The summed E-state index contributed by atoms with van der Waals surface area (Å²) in [5, 5.41) is 0. The highest BCUT2D eigenvalue weighted by Gasteiger charge is 2.55. The van der Waals surface area contributed by atoms with Gasteiger partial charge in [-0.2, -0.15) is 0 Å². The van der Waals surface area contributed by atoms with Crippen molar-refractivity contribution in [3.05, 3.63) is 0 Å². The monoisotopic (exact) mass is 246 g/mol. The molecule has 2 rings (SSSR count). The fourth-order valence-electron chi connectivity index (χ4n) is 2.35. The summed E-state index contributed by atoms with van der Waals surface area (Å²) >= 11 is 0. The molecule has 2 saturated heterocycles. The summed E-state index contributed by atoms with van der Waals surface area (Å²) in [5.74, 6) is 0.887. The summed E-state index contributed by atoms with van der Waals surface area (Å²) in [5.41, 5.74) is -0.502. The molecule has 6 heteroatoms. The molecule has 1 spiro atoms. The van der Waals surface area contributed by atoms with E-state index in [0.29, 0.717) is 24.6 Å². The third kappa shape index (κ3) is 2.16. The summed E-state index contributed by atoms with van der Waals surface area (Å²) in [6, 6.07) is 0. The highest BCUT2D eigenvalue weighted by atomic mass is 32.2. The summed E-state index contributed by atoms with van der Waals surface area (Å²) in [4.78, 5) is 13.2. The van der Waals surface area contributed by atoms with Crippen LogP contribution in [0, 0.1) is 10.2 Å². The van der Waals surface area contributed by atoms with Crippen molar-refractivity contribution in [2.75, 3.05) is 24.6 Å². The molecule has 0 aromatic heterocycles. The van der Waals surface area contributed by atoms with E-state index in [1.807, 2.05) is 20.8 Å². The van der Waals surface area contributed by atoms with Crippen molar-refractivity contribution in [1.29, 1.82) is 4.78 Å². The molecule has 2 fully saturated rings. The Morgan fingerprint density at radius 3 is 2.25 bits per heavy atom. The van der Waals surface area contributed by atoms with E-state index in [-0.39, 0.29) is 11.5 Å². The number of carbonyl (C=O) groups is 1. The van der Waals surface area contributed by atoms with Gasteiger partial charge in [0, 0.05) is 39.7 Å². The van der Waals surface area contributed by atoms with Gasteiger partial charge in [0.2, 0.25) is 0 Å². The Labute approximate surface area is 96.1 Å². The van der Waals surface area contributed by atoms with Crippen LogP contribution in [0.15, 0.2) is 0 Å². The van der Waals surface area contributed by atoms with Crippen LogP contribution in [-0.2, 0) is 14.5 Å². The molecule has 0 atom stereocenters. The molecule has 1 N–H and O–H groups in total. The minimum atomic E-state index is -2.31. The second-order valence-electron chi connectivity index (χ2n) is 5.94. The van der Waals surface area contributed by atoms with Crippen LogP contribution in [0.3, 0.4) is 0 Å². The highest BCUT2D eigenvalue weighted by molar-refractivity contribution is 7.93. The topological polar surface area (TPSA) is 70.5 Å². The Balaban J connectivity index is 1.83.